The number of hydrogen-bond acceptors (Lipinski definition) is 6. The Balaban J connectivity index is 0.00000484. The standard InChI is InChI=1S/C32H33N3O6.Na/c36-29(17-14-22-7-2-1-3-8-22)33-19-6-10-26(35-31(38)28-21-25-9-4-5-11-27(25)41-28)30(37)34-20-18-23-12-15-24(16-13-23)32(39)40;/h1-5,7-9,11-13,15-16,21,26H,6,10,14,17-20H2,(H,33,36)(H,34,37)(H,35,38)(H,39,40);/q;+1/p-1/t26-;/m0./s1. The zero-order valence-electron chi connectivity index (χ0n) is 23.6. The number of amides is 3. The summed E-state index contributed by atoms with van der Waals surface area (Å²) < 4.78 is 5.65. The molecule has 0 aliphatic heterocycles. The van der Waals surface area contributed by atoms with Crippen LogP contribution in [0.2, 0.25) is 0 Å². The first-order valence-corrected chi connectivity index (χ1v) is 13.6. The molecule has 0 aliphatic rings. The van der Waals surface area contributed by atoms with Gasteiger partial charge >= 0.3 is 29.6 Å². The molecule has 0 fully saturated rings. The molecule has 42 heavy (non-hydrogen) atoms. The molecule has 0 radical (unpaired) electrons. The number of para-hydroxylation sites is 1. The van der Waals surface area contributed by atoms with Crippen molar-refractivity contribution >= 4 is 34.7 Å². The Bertz CT molecular complexity index is 1450. The summed E-state index contributed by atoms with van der Waals surface area (Å²) in [7, 11) is 0. The largest absolute Gasteiger partial charge is 1.00 e. The fraction of sp³-hybridized carbons (Fsp3) is 0.250. The Morgan fingerprint density at radius 2 is 1.48 bits per heavy atom. The number of carboxylic acids is 1. The molecule has 10 heteroatoms. The van der Waals surface area contributed by atoms with Crippen LogP contribution in [-0.2, 0) is 22.4 Å². The SMILES string of the molecule is O=C(CCc1ccccc1)NCCC[C@H](NC(=O)c1cc2ccccc2o1)C(=O)NCCc1ccc(C(=O)[O-])cc1.[Na+]. The van der Waals surface area contributed by atoms with Crippen molar-refractivity contribution in [2.24, 2.45) is 0 Å². The number of fused-ring (bicyclic) bond motifs is 1. The first kappa shape index (κ1) is 32.6. The Morgan fingerprint density at radius 3 is 2.19 bits per heavy atom. The van der Waals surface area contributed by atoms with Gasteiger partial charge in [0.15, 0.2) is 5.76 Å². The second-order valence-electron chi connectivity index (χ2n) is 9.68. The van der Waals surface area contributed by atoms with E-state index in [0.29, 0.717) is 44.2 Å². The van der Waals surface area contributed by atoms with E-state index in [1.54, 1.807) is 24.3 Å². The van der Waals surface area contributed by atoms with Crippen LogP contribution >= 0.6 is 0 Å². The molecule has 9 nitrogen and oxygen atoms in total. The number of nitrogens with one attached hydrogen (secondary N) is 3. The summed E-state index contributed by atoms with van der Waals surface area (Å²) in [5.41, 5.74) is 2.58. The van der Waals surface area contributed by atoms with Crippen molar-refractivity contribution in [3.8, 4) is 0 Å². The monoisotopic (exact) mass is 577 g/mol. The van der Waals surface area contributed by atoms with Crippen molar-refractivity contribution in [1.82, 2.24) is 16.0 Å². The summed E-state index contributed by atoms with van der Waals surface area (Å²) in [6, 6.07) is 24.0. The minimum atomic E-state index is -1.25. The van der Waals surface area contributed by atoms with Crippen LogP contribution in [0.5, 0.6) is 0 Å². The molecule has 1 atom stereocenters. The van der Waals surface area contributed by atoms with Crippen LogP contribution in [0.4, 0.5) is 0 Å². The summed E-state index contributed by atoms with van der Waals surface area (Å²) in [6.45, 7) is 0.652. The van der Waals surface area contributed by atoms with E-state index in [1.165, 1.54) is 12.1 Å². The van der Waals surface area contributed by atoms with Gasteiger partial charge in [0.2, 0.25) is 11.8 Å². The van der Waals surface area contributed by atoms with Crippen LogP contribution < -0.4 is 50.6 Å². The number of aryl methyl sites for hydroxylation is 1. The van der Waals surface area contributed by atoms with Crippen molar-refractivity contribution in [3.63, 3.8) is 0 Å². The molecule has 4 aromatic rings. The molecule has 3 aromatic carbocycles. The van der Waals surface area contributed by atoms with Gasteiger partial charge in [-0.2, -0.15) is 0 Å². The van der Waals surface area contributed by atoms with Gasteiger partial charge in [-0.05, 0) is 54.5 Å². The molecular weight excluding hydrogens is 545 g/mol. The van der Waals surface area contributed by atoms with Gasteiger partial charge in [0, 0.05) is 24.9 Å². The number of benzene rings is 3. The molecule has 0 unspecified atom stereocenters. The molecule has 0 saturated heterocycles. The topological polar surface area (TPSA) is 141 Å². The Kier molecular flexibility index (Phi) is 12.8. The maximum absolute atomic E-state index is 13.1. The third-order valence-electron chi connectivity index (χ3n) is 6.65. The molecule has 0 aliphatic carbocycles. The van der Waals surface area contributed by atoms with E-state index in [-0.39, 0.29) is 59.2 Å². The van der Waals surface area contributed by atoms with Gasteiger partial charge in [-0.25, -0.2) is 0 Å². The number of furan rings is 1. The zero-order valence-corrected chi connectivity index (χ0v) is 25.6. The quantitative estimate of drug-likeness (QED) is 0.140. The molecule has 3 N–H and O–H groups in total. The van der Waals surface area contributed by atoms with Gasteiger partial charge < -0.3 is 30.3 Å². The predicted octanol–water partition coefficient (Wildman–Crippen LogP) is -0.213. The summed E-state index contributed by atoms with van der Waals surface area (Å²) in [5.74, 6) is -2.10. The van der Waals surface area contributed by atoms with Gasteiger partial charge in [-0.1, -0.05) is 72.8 Å². The number of carboxylic acid groups (broad SMARTS) is 1. The molecular formula is C32H32N3NaO6. The molecule has 4 rings (SSSR count). The summed E-state index contributed by atoms with van der Waals surface area (Å²) >= 11 is 0. The van der Waals surface area contributed by atoms with Crippen LogP contribution in [0, 0.1) is 0 Å². The van der Waals surface area contributed by atoms with Crippen molar-refractivity contribution in [2.45, 2.75) is 38.1 Å². The fourth-order valence-electron chi connectivity index (χ4n) is 4.38. The summed E-state index contributed by atoms with van der Waals surface area (Å²) in [4.78, 5) is 49.2. The van der Waals surface area contributed by atoms with Crippen LogP contribution in [0.3, 0.4) is 0 Å². The van der Waals surface area contributed by atoms with Gasteiger partial charge in [-0.3, -0.25) is 14.4 Å². The minimum Gasteiger partial charge on any atom is -0.545 e. The number of carbonyl (C=O) groups excluding carboxylic acids is 4. The third kappa shape index (κ3) is 9.87. The molecule has 3 amide bonds. The number of hydrogen-bond donors (Lipinski definition) is 3. The van der Waals surface area contributed by atoms with E-state index in [0.717, 1.165) is 16.5 Å². The van der Waals surface area contributed by atoms with E-state index in [1.807, 2.05) is 48.5 Å². The summed E-state index contributed by atoms with van der Waals surface area (Å²) in [6.07, 6.45) is 2.25. The fourth-order valence-corrected chi connectivity index (χ4v) is 4.38. The average Bonchev–Trinajstić information content (AvgIpc) is 3.43. The van der Waals surface area contributed by atoms with Gasteiger partial charge in [0.25, 0.3) is 5.91 Å². The zero-order chi connectivity index (χ0) is 29.0. The summed E-state index contributed by atoms with van der Waals surface area (Å²) in [5, 5.41) is 20.2. The average molecular weight is 578 g/mol. The van der Waals surface area contributed by atoms with Crippen molar-refractivity contribution < 1.29 is 58.3 Å². The number of carbonyl (C=O) groups is 4. The molecule has 0 bridgehead atoms. The second-order valence-corrected chi connectivity index (χ2v) is 9.68. The molecule has 212 valence electrons. The van der Waals surface area contributed by atoms with Gasteiger partial charge in [0.05, 0.1) is 5.97 Å². The van der Waals surface area contributed by atoms with E-state index in [9.17, 15) is 24.3 Å². The second kappa shape index (κ2) is 16.5. The Labute approximate surface area is 266 Å². The Hall–Kier alpha value is -3.92. The van der Waals surface area contributed by atoms with Gasteiger partial charge in [0.1, 0.15) is 11.6 Å². The van der Waals surface area contributed by atoms with E-state index in [2.05, 4.69) is 16.0 Å². The van der Waals surface area contributed by atoms with Crippen LogP contribution in [-0.4, -0.2) is 42.8 Å². The minimum absolute atomic E-state index is 0. The van der Waals surface area contributed by atoms with E-state index < -0.39 is 17.9 Å². The van der Waals surface area contributed by atoms with Crippen molar-refractivity contribution in [1.29, 1.82) is 0 Å². The van der Waals surface area contributed by atoms with Gasteiger partial charge in [-0.15, -0.1) is 0 Å². The van der Waals surface area contributed by atoms with E-state index >= 15 is 0 Å². The third-order valence-corrected chi connectivity index (χ3v) is 6.65. The smallest absolute Gasteiger partial charge is 0.545 e. The molecule has 0 spiro atoms. The van der Waals surface area contributed by atoms with Crippen LogP contribution in [0.25, 0.3) is 11.0 Å². The molecule has 1 heterocycles. The maximum Gasteiger partial charge on any atom is 1.00 e. The first-order valence-electron chi connectivity index (χ1n) is 13.6. The predicted molar refractivity (Wildman–Crippen MR) is 152 cm³/mol. The van der Waals surface area contributed by atoms with Crippen molar-refractivity contribution in [2.75, 3.05) is 13.1 Å². The molecule has 1 aromatic heterocycles. The first-order chi connectivity index (χ1) is 19.9. The van der Waals surface area contributed by atoms with Crippen molar-refractivity contribution in [3.05, 3.63) is 107 Å². The number of aromatic carboxylic acids is 1. The normalized spacial score (nSPS) is 11.2. The van der Waals surface area contributed by atoms with Crippen LogP contribution in [0.15, 0.2) is 89.3 Å². The maximum atomic E-state index is 13.1. The van der Waals surface area contributed by atoms with E-state index in [4.69, 9.17) is 4.42 Å². The molecule has 0 saturated carbocycles. The number of rotatable bonds is 14. The van der Waals surface area contributed by atoms with Crippen LogP contribution in [0.1, 0.15) is 51.3 Å². The Morgan fingerprint density at radius 1 is 0.786 bits per heavy atom.